The van der Waals surface area contributed by atoms with Gasteiger partial charge in [0.05, 0.1) is 20.8 Å². The lowest BCUT2D eigenvalue weighted by atomic mass is 10.1. The molecule has 0 aliphatic heterocycles. The maximum atomic E-state index is 11.9. The summed E-state index contributed by atoms with van der Waals surface area (Å²) in [6.45, 7) is 1.45. The van der Waals surface area contributed by atoms with Gasteiger partial charge < -0.3 is 20.1 Å². The highest BCUT2D eigenvalue weighted by molar-refractivity contribution is 5.78. The molecule has 0 atom stereocenters. The number of nitrogens with one attached hydrogen (secondary N) is 2. The van der Waals surface area contributed by atoms with E-state index in [1.807, 2.05) is 48.5 Å². The van der Waals surface area contributed by atoms with Crippen LogP contribution in [0.5, 0.6) is 11.5 Å². The summed E-state index contributed by atoms with van der Waals surface area (Å²) >= 11 is 0. The second-order valence-corrected chi connectivity index (χ2v) is 5.33. The molecule has 0 aromatic heterocycles. The topological polar surface area (TPSA) is 59.6 Å². The number of benzene rings is 2. The molecule has 2 N–H and O–H groups in total. The highest BCUT2D eigenvalue weighted by Crippen LogP contribution is 2.17. The quantitative estimate of drug-likeness (QED) is 0.693. The van der Waals surface area contributed by atoms with Gasteiger partial charge in [-0.05, 0) is 30.7 Å². The minimum absolute atomic E-state index is 0.0408. The average molecular weight is 328 g/mol. The van der Waals surface area contributed by atoms with Gasteiger partial charge in [0, 0.05) is 12.1 Å². The first-order chi connectivity index (χ1) is 11.7. The molecule has 0 radical (unpaired) electrons. The van der Waals surface area contributed by atoms with Crippen molar-refractivity contribution in [3.8, 4) is 11.5 Å². The zero-order chi connectivity index (χ0) is 17.2. The number of ether oxygens (including phenoxy) is 2. The molecule has 0 fully saturated rings. The molecule has 5 heteroatoms. The first-order valence-corrected chi connectivity index (χ1v) is 7.95. The van der Waals surface area contributed by atoms with E-state index >= 15 is 0 Å². The normalized spacial score (nSPS) is 10.2. The molecule has 2 aromatic carbocycles. The van der Waals surface area contributed by atoms with Gasteiger partial charge in [-0.1, -0.05) is 36.4 Å². The average Bonchev–Trinajstić information content (AvgIpc) is 2.64. The number of para-hydroxylation sites is 2. The molecule has 5 nitrogen and oxygen atoms in total. The van der Waals surface area contributed by atoms with Crippen LogP contribution in [0.1, 0.15) is 11.1 Å². The smallest absolute Gasteiger partial charge is 0.234 e. The van der Waals surface area contributed by atoms with Crippen LogP contribution in [0.15, 0.2) is 48.5 Å². The zero-order valence-electron chi connectivity index (χ0n) is 14.2. The van der Waals surface area contributed by atoms with Gasteiger partial charge in [-0.25, -0.2) is 0 Å². The number of carbonyl (C=O) groups excluding carboxylic acids is 1. The molecule has 0 aliphatic carbocycles. The summed E-state index contributed by atoms with van der Waals surface area (Å²) in [5, 5.41) is 6.04. The van der Waals surface area contributed by atoms with Crippen molar-refractivity contribution in [3.05, 3.63) is 59.7 Å². The molecular formula is C19H24N2O3. The first kappa shape index (κ1) is 17.8. The standard InChI is InChI=1S/C19H24N2O3/c1-23-17-9-5-3-7-15(17)11-12-20-14-19(22)21-13-16-8-4-6-10-18(16)24-2/h3-10,20H,11-14H2,1-2H3,(H,21,22). The minimum atomic E-state index is -0.0408. The van der Waals surface area contributed by atoms with Crippen molar-refractivity contribution in [1.29, 1.82) is 0 Å². The fraction of sp³-hybridized carbons (Fsp3) is 0.316. The van der Waals surface area contributed by atoms with Crippen LogP contribution >= 0.6 is 0 Å². The third kappa shape index (κ3) is 5.28. The van der Waals surface area contributed by atoms with Gasteiger partial charge in [0.2, 0.25) is 5.91 Å². The minimum Gasteiger partial charge on any atom is -0.496 e. The number of methoxy groups -OCH3 is 2. The van der Waals surface area contributed by atoms with E-state index in [1.165, 1.54) is 0 Å². The molecule has 2 rings (SSSR count). The van der Waals surface area contributed by atoms with Gasteiger partial charge in [-0.2, -0.15) is 0 Å². The van der Waals surface area contributed by atoms with E-state index in [9.17, 15) is 4.79 Å². The first-order valence-electron chi connectivity index (χ1n) is 7.95. The molecular weight excluding hydrogens is 304 g/mol. The second-order valence-electron chi connectivity index (χ2n) is 5.33. The van der Waals surface area contributed by atoms with Gasteiger partial charge in [-0.3, -0.25) is 4.79 Å². The van der Waals surface area contributed by atoms with Crippen LogP contribution in [0.4, 0.5) is 0 Å². The summed E-state index contributed by atoms with van der Waals surface area (Å²) in [4.78, 5) is 11.9. The molecule has 0 heterocycles. The predicted octanol–water partition coefficient (Wildman–Crippen LogP) is 2.15. The van der Waals surface area contributed by atoms with E-state index in [4.69, 9.17) is 9.47 Å². The number of carbonyl (C=O) groups is 1. The summed E-state index contributed by atoms with van der Waals surface area (Å²) < 4.78 is 10.6. The zero-order valence-corrected chi connectivity index (χ0v) is 14.2. The van der Waals surface area contributed by atoms with Crippen molar-refractivity contribution in [2.75, 3.05) is 27.3 Å². The Hall–Kier alpha value is -2.53. The number of hydrogen-bond donors (Lipinski definition) is 2. The van der Waals surface area contributed by atoms with Crippen molar-refractivity contribution in [1.82, 2.24) is 10.6 Å². The Labute approximate surface area is 143 Å². The molecule has 0 spiro atoms. The van der Waals surface area contributed by atoms with Crippen LogP contribution < -0.4 is 20.1 Å². The lowest BCUT2D eigenvalue weighted by Crippen LogP contribution is -2.34. The highest BCUT2D eigenvalue weighted by Gasteiger charge is 2.05. The summed E-state index contributed by atoms with van der Waals surface area (Å²) in [6, 6.07) is 15.6. The van der Waals surface area contributed by atoms with Crippen LogP contribution in [0.2, 0.25) is 0 Å². The molecule has 0 saturated heterocycles. The Kier molecular flexibility index (Phi) is 7.11. The fourth-order valence-electron chi connectivity index (χ4n) is 2.44. The summed E-state index contributed by atoms with van der Waals surface area (Å²) in [5.74, 6) is 1.61. The maximum Gasteiger partial charge on any atom is 0.234 e. The Bertz CT molecular complexity index is 659. The van der Waals surface area contributed by atoms with Crippen LogP contribution in [-0.4, -0.2) is 33.2 Å². The van der Waals surface area contributed by atoms with Gasteiger partial charge in [-0.15, -0.1) is 0 Å². The number of hydrogen-bond acceptors (Lipinski definition) is 4. The van der Waals surface area contributed by atoms with E-state index < -0.39 is 0 Å². The number of rotatable bonds is 9. The Balaban J connectivity index is 1.70. The van der Waals surface area contributed by atoms with E-state index in [-0.39, 0.29) is 12.5 Å². The monoisotopic (exact) mass is 328 g/mol. The largest absolute Gasteiger partial charge is 0.496 e. The van der Waals surface area contributed by atoms with Crippen molar-refractivity contribution in [3.63, 3.8) is 0 Å². The Morgan fingerprint density at radius 3 is 2.17 bits per heavy atom. The SMILES string of the molecule is COc1ccccc1CCNCC(=O)NCc1ccccc1OC. The van der Waals surface area contributed by atoms with Gasteiger partial charge >= 0.3 is 0 Å². The number of amides is 1. The van der Waals surface area contributed by atoms with Crippen molar-refractivity contribution < 1.29 is 14.3 Å². The summed E-state index contributed by atoms with van der Waals surface area (Å²) in [6.07, 6.45) is 0.809. The van der Waals surface area contributed by atoms with Crippen molar-refractivity contribution in [2.24, 2.45) is 0 Å². The van der Waals surface area contributed by atoms with Crippen molar-refractivity contribution in [2.45, 2.75) is 13.0 Å². The fourth-order valence-corrected chi connectivity index (χ4v) is 2.44. The molecule has 24 heavy (non-hydrogen) atoms. The van der Waals surface area contributed by atoms with E-state index in [0.29, 0.717) is 13.1 Å². The lowest BCUT2D eigenvalue weighted by Gasteiger charge is -2.11. The van der Waals surface area contributed by atoms with E-state index in [1.54, 1.807) is 14.2 Å². The summed E-state index contributed by atoms with van der Waals surface area (Å²) in [5.41, 5.74) is 2.09. The predicted molar refractivity (Wildman–Crippen MR) is 94.4 cm³/mol. The maximum absolute atomic E-state index is 11.9. The van der Waals surface area contributed by atoms with Crippen LogP contribution in [-0.2, 0) is 17.8 Å². The molecule has 128 valence electrons. The van der Waals surface area contributed by atoms with Crippen LogP contribution in [0, 0.1) is 0 Å². The van der Waals surface area contributed by atoms with Crippen LogP contribution in [0.25, 0.3) is 0 Å². The molecule has 1 amide bonds. The molecule has 0 bridgehead atoms. The summed E-state index contributed by atoms with van der Waals surface area (Å²) in [7, 11) is 3.29. The molecule has 2 aromatic rings. The molecule has 0 aliphatic rings. The van der Waals surface area contributed by atoms with Gasteiger partial charge in [0.1, 0.15) is 11.5 Å². The van der Waals surface area contributed by atoms with Crippen molar-refractivity contribution >= 4 is 5.91 Å². The van der Waals surface area contributed by atoms with E-state index in [0.717, 1.165) is 29.0 Å². The Morgan fingerprint density at radius 1 is 0.917 bits per heavy atom. The van der Waals surface area contributed by atoms with Crippen LogP contribution in [0.3, 0.4) is 0 Å². The highest BCUT2D eigenvalue weighted by atomic mass is 16.5. The third-order valence-corrected chi connectivity index (χ3v) is 3.72. The third-order valence-electron chi connectivity index (χ3n) is 3.72. The van der Waals surface area contributed by atoms with Gasteiger partial charge in [0.25, 0.3) is 0 Å². The molecule has 0 saturated carbocycles. The van der Waals surface area contributed by atoms with Gasteiger partial charge in [0.15, 0.2) is 0 Å². The second kappa shape index (κ2) is 9.57. The molecule has 0 unspecified atom stereocenters. The van der Waals surface area contributed by atoms with E-state index in [2.05, 4.69) is 10.6 Å². The Morgan fingerprint density at radius 2 is 1.50 bits per heavy atom. The lowest BCUT2D eigenvalue weighted by molar-refractivity contribution is -0.120.